The summed E-state index contributed by atoms with van der Waals surface area (Å²) in [7, 11) is 0. The maximum absolute atomic E-state index is 12.0. The van der Waals surface area contributed by atoms with Crippen LogP contribution in [0.15, 0.2) is 36.7 Å². The highest BCUT2D eigenvalue weighted by Crippen LogP contribution is 2.20. The van der Waals surface area contributed by atoms with Crippen LogP contribution >= 0.6 is 11.6 Å². The fourth-order valence-electron chi connectivity index (χ4n) is 1.48. The van der Waals surface area contributed by atoms with Crippen LogP contribution in [-0.4, -0.2) is 10.9 Å². The van der Waals surface area contributed by atoms with Crippen LogP contribution in [-0.2, 0) is 0 Å². The molecule has 4 nitrogen and oxygen atoms in total. The fraction of sp³-hybridized carbons (Fsp3) is 0.0769. The first kappa shape index (κ1) is 12.4. The van der Waals surface area contributed by atoms with Gasteiger partial charge in [-0.1, -0.05) is 11.6 Å². The number of nitrogens with one attached hydrogen (secondary N) is 1. The highest BCUT2D eigenvalue weighted by molar-refractivity contribution is 6.33. The zero-order valence-corrected chi connectivity index (χ0v) is 10.5. The van der Waals surface area contributed by atoms with Gasteiger partial charge in [-0.2, -0.15) is 0 Å². The van der Waals surface area contributed by atoms with Crippen molar-refractivity contribution in [1.82, 2.24) is 4.98 Å². The van der Waals surface area contributed by atoms with Gasteiger partial charge in [-0.3, -0.25) is 9.78 Å². The second-order valence-electron chi connectivity index (χ2n) is 3.88. The molecule has 0 saturated carbocycles. The molecule has 18 heavy (non-hydrogen) atoms. The molecule has 0 fully saturated rings. The third-order valence-electron chi connectivity index (χ3n) is 2.55. The second kappa shape index (κ2) is 5.06. The van der Waals surface area contributed by atoms with Crippen molar-refractivity contribution < 1.29 is 4.79 Å². The maximum atomic E-state index is 12.0. The van der Waals surface area contributed by atoms with Gasteiger partial charge in [-0.25, -0.2) is 0 Å². The molecule has 1 aromatic carbocycles. The predicted octanol–water partition coefficient (Wildman–Crippen LogP) is 2.88. The normalized spacial score (nSPS) is 10.1. The molecule has 3 N–H and O–H groups in total. The van der Waals surface area contributed by atoms with Crippen molar-refractivity contribution in [3.05, 3.63) is 52.8 Å². The average Bonchev–Trinajstić information content (AvgIpc) is 2.35. The fourth-order valence-corrected chi connectivity index (χ4v) is 1.63. The van der Waals surface area contributed by atoms with Gasteiger partial charge in [0.1, 0.15) is 0 Å². The number of aryl methyl sites for hydroxylation is 1. The van der Waals surface area contributed by atoms with Crippen molar-refractivity contribution in [2.45, 2.75) is 6.92 Å². The number of amides is 1. The Morgan fingerprint density at radius 1 is 1.39 bits per heavy atom. The molecule has 0 bridgehead atoms. The van der Waals surface area contributed by atoms with Gasteiger partial charge in [0.25, 0.3) is 5.91 Å². The summed E-state index contributed by atoms with van der Waals surface area (Å²) in [6.45, 7) is 1.85. The lowest BCUT2D eigenvalue weighted by molar-refractivity contribution is 0.102. The zero-order valence-electron chi connectivity index (χ0n) is 9.77. The van der Waals surface area contributed by atoms with Gasteiger partial charge in [-0.05, 0) is 36.8 Å². The molecule has 0 aliphatic rings. The monoisotopic (exact) mass is 261 g/mol. The molecule has 2 rings (SSSR count). The summed E-state index contributed by atoms with van der Waals surface area (Å²) < 4.78 is 0. The molecule has 92 valence electrons. The Bertz CT molecular complexity index is 599. The maximum Gasteiger partial charge on any atom is 0.255 e. The van der Waals surface area contributed by atoms with Crippen LogP contribution in [0, 0.1) is 6.92 Å². The first-order valence-electron chi connectivity index (χ1n) is 5.35. The van der Waals surface area contributed by atoms with Gasteiger partial charge < -0.3 is 11.1 Å². The number of carbonyl (C=O) groups excluding carboxylic acids is 1. The zero-order chi connectivity index (χ0) is 13.1. The number of hydrogen-bond acceptors (Lipinski definition) is 3. The summed E-state index contributed by atoms with van der Waals surface area (Å²) in [6.07, 6.45) is 3.07. The summed E-state index contributed by atoms with van der Waals surface area (Å²) in [6, 6.07) is 6.72. The molecule has 0 aliphatic carbocycles. The lowest BCUT2D eigenvalue weighted by atomic mass is 10.1. The van der Waals surface area contributed by atoms with E-state index in [9.17, 15) is 4.79 Å². The number of nitrogens with two attached hydrogens (primary N) is 1. The van der Waals surface area contributed by atoms with Crippen LogP contribution in [0.25, 0.3) is 0 Å². The third-order valence-corrected chi connectivity index (χ3v) is 2.88. The number of aromatic nitrogens is 1. The van der Waals surface area contributed by atoms with E-state index in [2.05, 4.69) is 10.3 Å². The number of pyridine rings is 1. The Morgan fingerprint density at radius 2 is 2.17 bits per heavy atom. The van der Waals surface area contributed by atoms with E-state index in [-0.39, 0.29) is 5.91 Å². The minimum absolute atomic E-state index is 0.243. The van der Waals surface area contributed by atoms with Crippen molar-refractivity contribution >= 4 is 28.9 Å². The van der Waals surface area contributed by atoms with Crippen LogP contribution in [0.1, 0.15) is 15.9 Å². The van der Waals surface area contributed by atoms with Crippen molar-refractivity contribution in [2.24, 2.45) is 0 Å². The van der Waals surface area contributed by atoms with Gasteiger partial charge >= 0.3 is 0 Å². The highest BCUT2D eigenvalue weighted by atomic mass is 35.5. The lowest BCUT2D eigenvalue weighted by Crippen LogP contribution is -2.12. The number of anilines is 2. The molecule has 1 aromatic heterocycles. The molecule has 0 atom stereocenters. The number of hydrogen-bond donors (Lipinski definition) is 2. The molecule has 0 radical (unpaired) electrons. The Labute approximate surface area is 110 Å². The number of nitrogen functional groups attached to an aromatic ring is 1. The van der Waals surface area contributed by atoms with Crippen molar-refractivity contribution in [2.75, 3.05) is 11.1 Å². The molecule has 1 heterocycles. The van der Waals surface area contributed by atoms with E-state index in [4.69, 9.17) is 17.3 Å². The van der Waals surface area contributed by atoms with Crippen LogP contribution in [0.2, 0.25) is 5.02 Å². The minimum atomic E-state index is -0.243. The Kier molecular flexibility index (Phi) is 3.48. The quantitative estimate of drug-likeness (QED) is 0.817. The molecule has 0 aliphatic heterocycles. The highest BCUT2D eigenvalue weighted by Gasteiger charge is 2.09. The second-order valence-corrected chi connectivity index (χ2v) is 4.29. The standard InChI is InChI=1S/C13H12ClN3O/c1-8-6-9(2-3-11(8)15)13(18)17-12-7-16-5-4-10(12)14/h2-7H,15H2,1H3,(H,17,18). The predicted molar refractivity (Wildman–Crippen MR) is 72.8 cm³/mol. The summed E-state index contributed by atoms with van der Waals surface area (Å²) >= 11 is 5.94. The molecule has 0 spiro atoms. The number of nitrogens with zero attached hydrogens (tertiary/aromatic N) is 1. The van der Waals surface area contributed by atoms with E-state index in [0.717, 1.165) is 5.56 Å². The molecular weight excluding hydrogens is 250 g/mol. The van der Waals surface area contributed by atoms with Crippen molar-refractivity contribution in [1.29, 1.82) is 0 Å². The summed E-state index contributed by atoms with van der Waals surface area (Å²) in [5.41, 5.74) is 8.24. The molecule has 1 amide bonds. The molecule has 0 saturated heterocycles. The largest absolute Gasteiger partial charge is 0.399 e. The number of rotatable bonds is 2. The van der Waals surface area contributed by atoms with Crippen LogP contribution in [0.3, 0.4) is 0 Å². The van der Waals surface area contributed by atoms with Gasteiger partial charge in [-0.15, -0.1) is 0 Å². The van der Waals surface area contributed by atoms with Gasteiger partial charge in [0.05, 0.1) is 16.9 Å². The Morgan fingerprint density at radius 3 is 2.83 bits per heavy atom. The topological polar surface area (TPSA) is 68.0 Å². The van der Waals surface area contributed by atoms with Crippen molar-refractivity contribution in [3.8, 4) is 0 Å². The van der Waals surface area contributed by atoms with Crippen LogP contribution in [0.5, 0.6) is 0 Å². The SMILES string of the molecule is Cc1cc(C(=O)Nc2cnccc2Cl)ccc1N. The summed E-state index contributed by atoms with van der Waals surface area (Å²) in [4.78, 5) is 15.9. The molecule has 5 heteroatoms. The lowest BCUT2D eigenvalue weighted by Gasteiger charge is -2.07. The Hall–Kier alpha value is -2.07. The average molecular weight is 262 g/mol. The van der Waals surface area contributed by atoms with E-state index >= 15 is 0 Å². The minimum Gasteiger partial charge on any atom is -0.399 e. The van der Waals surface area contributed by atoms with E-state index in [1.165, 1.54) is 6.20 Å². The van der Waals surface area contributed by atoms with E-state index in [0.29, 0.717) is 22.0 Å². The first-order chi connectivity index (χ1) is 8.58. The molecule has 0 unspecified atom stereocenters. The summed E-state index contributed by atoms with van der Waals surface area (Å²) in [5, 5.41) is 3.15. The Balaban J connectivity index is 2.22. The van der Waals surface area contributed by atoms with Gasteiger partial charge in [0, 0.05) is 17.4 Å². The van der Waals surface area contributed by atoms with Gasteiger partial charge in [0.15, 0.2) is 0 Å². The number of carbonyl (C=O) groups is 1. The van der Waals surface area contributed by atoms with Gasteiger partial charge in [0.2, 0.25) is 0 Å². The number of halogens is 1. The van der Waals surface area contributed by atoms with E-state index in [1.54, 1.807) is 30.5 Å². The van der Waals surface area contributed by atoms with E-state index in [1.807, 2.05) is 6.92 Å². The van der Waals surface area contributed by atoms with Crippen LogP contribution < -0.4 is 11.1 Å². The molecule has 2 aromatic rings. The summed E-state index contributed by atoms with van der Waals surface area (Å²) in [5.74, 6) is -0.243. The third kappa shape index (κ3) is 2.60. The van der Waals surface area contributed by atoms with E-state index < -0.39 is 0 Å². The van der Waals surface area contributed by atoms with Crippen molar-refractivity contribution in [3.63, 3.8) is 0 Å². The first-order valence-corrected chi connectivity index (χ1v) is 5.72. The number of benzene rings is 1. The smallest absolute Gasteiger partial charge is 0.255 e. The van der Waals surface area contributed by atoms with Crippen LogP contribution in [0.4, 0.5) is 11.4 Å². The molecular formula is C13H12ClN3O.